The highest BCUT2D eigenvalue weighted by molar-refractivity contribution is 6.25. The Morgan fingerprint density at radius 2 is 1.91 bits per heavy atom. The second-order valence-corrected chi connectivity index (χ2v) is 4.85. The zero-order valence-corrected chi connectivity index (χ0v) is 12.3. The highest BCUT2D eigenvalue weighted by Crippen LogP contribution is 2.05. The first-order valence-corrected chi connectivity index (χ1v) is 6.89. The van der Waals surface area contributed by atoms with Crippen LogP contribution in [0.4, 0.5) is 0 Å². The molecule has 1 aromatic rings. The number of carboxylic acid groups (broad SMARTS) is 1. The molecule has 0 saturated carbocycles. The predicted molar refractivity (Wildman–Crippen MR) is 79.6 cm³/mol. The number of carbonyl (C=O) groups excluding carboxylic acids is 2. The van der Waals surface area contributed by atoms with Crippen molar-refractivity contribution >= 4 is 23.9 Å². The van der Waals surface area contributed by atoms with E-state index < -0.39 is 29.8 Å². The van der Waals surface area contributed by atoms with Crippen LogP contribution in [-0.4, -0.2) is 51.0 Å². The molecule has 0 unspecified atom stereocenters. The molecule has 3 N–H and O–H groups in total. The number of nitrogens with one attached hydrogen (secondary N) is 1. The van der Waals surface area contributed by atoms with Gasteiger partial charge in [-0.2, -0.15) is 4.79 Å². The molecule has 0 aliphatic rings. The molecule has 0 aliphatic carbocycles. The van der Waals surface area contributed by atoms with E-state index in [1.54, 1.807) is 30.3 Å². The summed E-state index contributed by atoms with van der Waals surface area (Å²) in [6.07, 6.45) is -1.07. The van der Waals surface area contributed by atoms with E-state index in [1.807, 2.05) is 0 Å². The van der Waals surface area contributed by atoms with Crippen LogP contribution in [0.3, 0.4) is 0 Å². The van der Waals surface area contributed by atoms with Gasteiger partial charge in [-0.15, -0.1) is 0 Å². The largest absolute Gasteiger partial charge is 0.480 e. The van der Waals surface area contributed by atoms with Gasteiger partial charge in [0.15, 0.2) is 0 Å². The van der Waals surface area contributed by atoms with E-state index in [-0.39, 0.29) is 19.3 Å². The van der Waals surface area contributed by atoms with Crippen molar-refractivity contribution < 1.29 is 29.4 Å². The van der Waals surface area contributed by atoms with E-state index in [0.717, 1.165) is 5.56 Å². The average Bonchev–Trinajstić information content (AvgIpc) is 2.52. The fourth-order valence-corrected chi connectivity index (χ4v) is 1.87. The van der Waals surface area contributed by atoms with Crippen molar-refractivity contribution in [2.45, 2.75) is 31.4 Å². The van der Waals surface area contributed by atoms with Crippen LogP contribution in [0.15, 0.2) is 30.3 Å². The van der Waals surface area contributed by atoms with Crippen molar-refractivity contribution in [1.82, 2.24) is 5.32 Å². The maximum atomic E-state index is 11.9. The number of amides is 1. The molecule has 1 rings (SSSR count). The van der Waals surface area contributed by atoms with Crippen LogP contribution < -0.4 is 5.32 Å². The van der Waals surface area contributed by atoms with Gasteiger partial charge in [-0.3, -0.25) is 9.59 Å². The summed E-state index contributed by atoms with van der Waals surface area (Å²) in [5.74, 6) is -2.72. The fourth-order valence-electron chi connectivity index (χ4n) is 1.87. The van der Waals surface area contributed by atoms with Crippen molar-refractivity contribution in [1.29, 1.82) is 0 Å². The number of nitrogens with zero attached hydrogens (tertiary/aromatic N) is 2. The molecule has 0 fully saturated rings. The normalized spacial score (nSPS) is 12.6. The van der Waals surface area contributed by atoms with Gasteiger partial charge in [-0.25, -0.2) is 4.79 Å². The molecule has 0 heterocycles. The number of rotatable bonds is 9. The maximum absolute atomic E-state index is 11.9. The minimum atomic E-state index is -1.39. The van der Waals surface area contributed by atoms with E-state index in [0.29, 0.717) is 6.21 Å². The van der Waals surface area contributed by atoms with E-state index in [2.05, 4.69) is 10.1 Å². The number of aliphatic carboxylic acids is 1. The van der Waals surface area contributed by atoms with Crippen molar-refractivity contribution in [2.24, 2.45) is 0 Å². The summed E-state index contributed by atoms with van der Waals surface area (Å²) in [5.41, 5.74) is 8.93. The Bertz CT molecular complexity index is 611. The highest BCUT2D eigenvalue weighted by atomic mass is 16.4. The number of carbonyl (C=O) groups is 3. The van der Waals surface area contributed by atoms with Crippen molar-refractivity contribution in [2.75, 3.05) is 0 Å². The van der Waals surface area contributed by atoms with Crippen molar-refractivity contribution in [3.8, 4) is 0 Å². The molecule has 2 atom stereocenters. The highest BCUT2D eigenvalue weighted by Gasteiger charge is 2.24. The van der Waals surface area contributed by atoms with Gasteiger partial charge in [-0.05, 0) is 12.0 Å². The van der Waals surface area contributed by atoms with E-state index >= 15 is 0 Å². The van der Waals surface area contributed by atoms with Crippen LogP contribution in [0.25, 0.3) is 5.53 Å². The lowest BCUT2D eigenvalue weighted by molar-refractivity contribution is -0.143. The number of carboxylic acids is 1. The van der Waals surface area contributed by atoms with Crippen LogP contribution in [-0.2, 0) is 20.8 Å². The first kappa shape index (κ1) is 18.2. The van der Waals surface area contributed by atoms with Crippen LogP contribution in [0.1, 0.15) is 18.4 Å². The molecule has 122 valence electrons. The van der Waals surface area contributed by atoms with Gasteiger partial charge in [0, 0.05) is 12.8 Å². The summed E-state index contributed by atoms with van der Waals surface area (Å²) >= 11 is 0. The minimum Gasteiger partial charge on any atom is -0.480 e. The van der Waals surface area contributed by atoms with Gasteiger partial charge >= 0.3 is 12.2 Å². The molecule has 0 aliphatic heterocycles. The first-order chi connectivity index (χ1) is 10.9. The van der Waals surface area contributed by atoms with Crippen molar-refractivity contribution in [3.05, 3.63) is 41.4 Å². The summed E-state index contributed by atoms with van der Waals surface area (Å²) in [6, 6.07) is 7.46. The third-order valence-corrected chi connectivity index (χ3v) is 3.07. The molecule has 23 heavy (non-hydrogen) atoms. The van der Waals surface area contributed by atoms with Crippen LogP contribution in [0.5, 0.6) is 0 Å². The molecule has 1 amide bonds. The Morgan fingerprint density at radius 3 is 2.48 bits per heavy atom. The van der Waals surface area contributed by atoms with Gasteiger partial charge in [0.25, 0.3) is 0 Å². The SMILES string of the molecule is [N-]=[N+]=CC(=O)CC[C@H](NC(=O)[C@@H](O)Cc1ccccc1)C(=O)O. The Morgan fingerprint density at radius 1 is 1.26 bits per heavy atom. The average molecular weight is 319 g/mol. The van der Waals surface area contributed by atoms with E-state index in [1.165, 1.54) is 0 Å². The summed E-state index contributed by atoms with van der Waals surface area (Å²) < 4.78 is 0. The molecule has 8 heteroatoms. The van der Waals surface area contributed by atoms with Crippen LogP contribution >= 0.6 is 0 Å². The Hall–Kier alpha value is -2.83. The summed E-state index contributed by atoms with van der Waals surface area (Å²) in [5, 5.41) is 21.1. The molecule has 0 aromatic heterocycles. The molecule has 0 spiro atoms. The van der Waals surface area contributed by atoms with E-state index in [4.69, 9.17) is 10.6 Å². The smallest absolute Gasteiger partial charge is 0.326 e. The van der Waals surface area contributed by atoms with Crippen LogP contribution in [0, 0.1) is 0 Å². The third-order valence-electron chi connectivity index (χ3n) is 3.07. The monoisotopic (exact) mass is 319 g/mol. The van der Waals surface area contributed by atoms with Gasteiger partial charge in [0.2, 0.25) is 11.7 Å². The molecule has 8 nitrogen and oxygen atoms in total. The van der Waals surface area contributed by atoms with Gasteiger partial charge < -0.3 is 21.1 Å². The third kappa shape index (κ3) is 6.64. The first-order valence-electron chi connectivity index (χ1n) is 6.89. The second kappa shape index (κ2) is 9.24. The number of Topliss-reactive ketones (excluding diaryl/α,β-unsaturated/α-hetero) is 1. The lowest BCUT2D eigenvalue weighted by Gasteiger charge is -2.16. The molecule has 1 aromatic carbocycles. The number of aliphatic hydroxyl groups is 1. The number of benzene rings is 1. The summed E-state index contributed by atoms with van der Waals surface area (Å²) in [4.78, 5) is 36.7. The lowest BCUT2D eigenvalue weighted by Crippen LogP contribution is -2.46. The Labute approximate surface area is 132 Å². The number of ketones is 1. The predicted octanol–water partition coefficient (Wildman–Crippen LogP) is -0.191. The number of aliphatic hydroxyl groups excluding tert-OH is 1. The second-order valence-electron chi connectivity index (χ2n) is 4.85. The quantitative estimate of drug-likeness (QED) is 0.329. The lowest BCUT2D eigenvalue weighted by atomic mass is 10.1. The fraction of sp³-hybridized carbons (Fsp3) is 0.333. The maximum Gasteiger partial charge on any atom is 0.326 e. The zero-order valence-electron chi connectivity index (χ0n) is 12.3. The molecule has 0 bridgehead atoms. The number of hydrogen-bond donors (Lipinski definition) is 3. The Balaban J connectivity index is 2.57. The summed E-state index contributed by atoms with van der Waals surface area (Å²) in [6.45, 7) is 0. The summed E-state index contributed by atoms with van der Waals surface area (Å²) in [7, 11) is 0. The number of hydrogen-bond acceptors (Lipinski definition) is 4. The zero-order chi connectivity index (χ0) is 17.2. The molecular weight excluding hydrogens is 302 g/mol. The molecular formula is C15H17N3O5. The standard InChI is InChI=1S/C15H17N3O5/c16-17-9-11(19)6-7-12(15(22)23)18-14(21)13(20)8-10-4-2-1-3-5-10/h1-5,9,12-13,20H,6-8H2,(H,18,21)(H,22,23)/t12-,13-/m0/s1. The molecule has 0 radical (unpaired) electrons. The van der Waals surface area contributed by atoms with Crippen molar-refractivity contribution in [3.63, 3.8) is 0 Å². The minimum absolute atomic E-state index is 0.0507. The van der Waals surface area contributed by atoms with Gasteiger partial charge in [-0.1, -0.05) is 30.3 Å². The Kier molecular flexibility index (Phi) is 7.32. The van der Waals surface area contributed by atoms with Gasteiger partial charge in [0.05, 0.1) is 0 Å². The van der Waals surface area contributed by atoms with Gasteiger partial charge in [0.1, 0.15) is 12.1 Å². The van der Waals surface area contributed by atoms with E-state index in [9.17, 15) is 19.5 Å². The topological polar surface area (TPSA) is 140 Å². The molecule has 0 saturated heterocycles. The van der Waals surface area contributed by atoms with Crippen LogP contribution in [0.2, 0.25) is 0 Å².